The first-order chi connectivity index (χ1) is 13.4. The van der Waals surface area contributed by atoms with Crippen LogP contribution in [0, 0.1) is 0 Å². The summed E-state index contributed by atoms with van der Waals surface area (Å²) in [4.78, 5) is 0. The van der Waals surface area contributed by atoms with Gasteiger partial charge in [-0.1, -0.05) is 62.4 Å². The third-order valence-corrected chi connectivity index (χ3v) is 4.91. The first kappa shape index (κ1) is 22.2. The number of alkyl halides is 3. The van der Waals surface area contributed by atoms with Gasteiger partial charge in [-0.05, 0) is 67.5 Å². The lowest BCUT2D eigenvalue weighted by Crippen LogP contribution is -2.21. The number of fused-ring (bicyclic) bond motifs is 1. The molecule has 1 atom stereocenters. The molecule has 0 saturated carbocycles. The fraction of sp³-hybridized carbons (Fsp3) is 0.417. The molecule has 2 aromatic carbocycles. The maximum atomic E-state index is 12.8. The molecule has 28 heavy (non-hydrogen) atoms. The molecule has 0 saturated heterocycles. The summed E-state index contributed by atoms with van der Waals surface area (Å²) in [6.45, 7) is 6.91. The van der Waals surface area contributed by atoms with Crippen molar-refractivity contribution in [1.29, 1.82) is 0 Å². The van der Waals surface area contributed by atoms with Crippen LogP contribution >= 0.6 is 0 Å². The highest BCUT2D eigenvalue weighted by Gasteiger charge is 2.30. The molecular weight excluding hydrogens is 359 g/mol. The molecular formula is C24H30F3N. The number of aryl methyl sites for hydroxylation is 2. The summed E-state index contributed by atoms with van der Waals surface area (Å²) in [5.41, 5.74) is 4.16. The van der Waals surface area contributed by atoms with Gasteiger partial charge in [0.15, 0.2) is 0 Å². The van der Waals surface area contributed by atoms with E-state index >= 15 is 0 Å². The van der Waals surface area contributed by atoms with Crippen molar-refractivity contribution in [3.8, 4) is 0 Å². The van der Waals surface area contributed by atoms with E-state index in [4.69, 9.17) is 0 Å². The molecule has 0 fully saturated rings. The Balaban J connectivity index is 0.00000136. The Morgan fingerprint density at radius 1 is 1.07 bits per heavy atom. The Morgan fingerprint density at radius 3 is 2.57 bits per heavy atom. The fourth-order valence-electron chi connectivity index (χ4n) is 3.50. The average molecular weight is 390 g/mol. The van der Waals surface area contributed by atoms with Crippen LogP contribution < -0.4 is 5.32 Å². The molecule has 0 heterocycles. The van der Waals surface area contributed by atoms with E-state index in [0.717, 1.165) is 37.4 Å². The van der Waals surface area contributed by atoms with Gasteiger partial charge in [0.2, 0.25) is 0 Å². The molecule has 4 heteroatoms. The molecule has 0 aromatic heterocycles. The maximum absolute atomic E-state index is 12.8. The van der Waals surface area contributed by atoms with Gasteiger partial charge in [-0.3, -0.25) is 0 Å². The van der Waals surface area contributed by atoms with Crippen molar-refractivity contribution >= 4 is 6.08 Å². The number of hydrogen-bond acceptors (Lipinski definition) is 1. The molecule has 1 nitrogen and oxygen atoms in total. The van der Waals surface area contributed by atoms with Gasteiger partial charge in [-0.15, -0.1) is 0 Å². The van der Waals surface area contributed by atoms with Gasteiger partial charge in [0.05, 0.1) is 5.56 Å². The zero-order valence-electron chi connectivity index (χ0n) is 16.9. The summed E-state index contributed by atoms with van der Waals surface area (Å²) in [6, 6.07) is 12.3. The van der Waals surface area contributed by atoms with Crippen LogP contribution in [-0.4, -0.2) is 6.54 Å². The van der Waals surface area contributed by atoms with Crippen LogP contribution in [0.4, 0.5) is 13.2 Å². The molecule has 1 unspecified atom stereocenters. The zero-order chi connectivity index (χ0) is 20.6. The van der Waals surface area contributed by atoms with E-state index in [1.54, 1.807) is 6.07 Å². The first-order valence-electron chi connectivity index (χ1n) is 10.1. The quantitative estimate of drug-likeness (QED) is 0.526. The van der Waals surface area contributed by atoms with Crippen molar-refractivity contribution in [2.45, 2.75) is 58.7 Å². The van der Waals surface area contributed by atoms with Gasteiger partial charge in [0.1, 0.15) is 0 Å². The number of hydrogen-bond donors (Lipinski definition) is 1. The number of benzene rings is 2. The molecule has 0 amide bonds. The highest BCUT2D eigenvalue weighted by molar-refractivity contribution is 5.60. The van der Waals surface area contributed by atoms with Crippen LogP contribution in [0.5, 0.6) is 0 Å². The highest BCUT2D eigenvalue weighted by Crippen LogP contribution is 2.30. The van der Waals surface area contributed by atoms with Gasteiger partial charge >= 0.3 is 6.18 Å². The second-order valence-corrected chi connectivity index (χ2v) is 6.84. The third-order valence-electron chi connectivity index (χ3n) is 4.91. The Bertz CT molecular complexity index is 778. The van der Waals surface area contributed by atoms with Crippen LogP contribution in [0.3, 0.4) is 0 Å². The molecule has 152 valence electrons. The third kappa shape index (κ3) is 5.96. The van der Waals surface area contributed by atoms with Gasteiger partial charge < -0.3 is 5.32 Å². The van der Waals surface area contributed by atoms with Crippen molar-refractivity contribution in [1.82, 2.24) is 5.32 Å². The summed E-state index contributed by atoms with van der Waals surface area (Å²) >= 11 is 0. The highest BCUT2D eigenvalue weighted by atomic mass is 19.4. The van der Waals surface area contributed by atoms with Crippen LogP contribution in [0.1, 0.15) is 67.5 Å². The number of rotatable bonds is 6. The second-order valence-electron chi connectivity index (χ2n) is 6.84. The summed E-state index contributed by atoms with van der Waals surface area (Å²) in [6.07, 6.45) is 3.76. The molecule has 1 aliphatic carbocycles. The normalized spacial score (nSPS) is 14.1. The standard InChI is InChI=1S/C22H24F3N.C2H6/c1-16(20-13-5-10-18-9-2-3-12-21(18)20)26-14-6-8-17-7-4-11-19(15-17)22(23,24)25;1-2/h3-5,7,10-13,15-16,26H,2,6,8-9,14H2,1H3;1-2H3. The van der Waals surface area contributed by atoms with Gasteiger partial charge in [0, 0.05) is 6.04 Å². The monoisotopic (exact) mass is 389 g/mol. The van der Waals surface area contributed by atoms with Crippen molar-refractivity contribution in [2.75, 3.05) is 6.54 Å². The van der Waals surface area contributed by atoms with E-state index in [-0.39, 0.29) is 6.04 Å². The largest absolute Gasteiger partial charge is 0.416 e. The molecule has 2 aromatic rings. The van der Waals surface area contributed by atoms with E-state index in [2.05, 4.69) is 42.6 Å². The maximum Gasteiger partial charge on any atom is 0.416 e. The Labute approximate surface area is 166 Å². The summed E-state index contributed by atoms with van der Waals surface area (Å²) in [5.74, 6) is 0. The Morgan fingerprint density at radius 2 is 1.82 bits per heavy atom. The van der Waals surface area contributed by atoms with Gasteiger partial charge in [-0.25, -0.2) is 0 Å². The van der Waals surface area contributed by atoms with Crippen LogP contribution in [0.2, 0.25) is 0 Å². The summed E-state index contributed by atoms with van der Waals surface area (Å²) in [7, 11) is 0. The van der Waals surface area contributed by atoms with E-state index in [0.29, 0.717) is 6.42 Å². The van der Waals surface area contributed by atoms with Gasteiger partial charge in [0.25, 0.3) is 0 Å². The molecule has 0 radical (unpaired) electrons. The smallest absolute Gasteiger partial charge is 0.310 e. The number of nitrogens with one attached hydrogen (secondary N) is 1. The summed E-state index contributed by atoms with van der Waals surface area (Å²) in [5, 5.41) is 3.51. The van der Waals surface area contributed by atoms with Crippen LogP contribution in [-0.2, 0) is 19.0 Å². The van der Waals surface area contributed by atoms with Crippen molar-refractivity contribution in [3.63, 3.8) is 0 Å². The minimum atomic E-state index is -4.28. The van der Waals surface area contributed by atoms with Crippen molar-refractivity contribution in [3.05, 3.63) is 76.4 Å². The zero-order valence-corrected chi connectivity index (χ0v) is 16.9. The predicted octanol–water partition coefficient (Wildman–Crippen LogP) is 6.97. The molecule has 3 rings (SSSR count). The Hall–Kier alpha value is -2.07. The molecule has 1 N–H and O–H groups in total. The van der Waals surface area contributed by atoms with Crippen molar-refractivity contribution in [2.24, 2.45) is 0 Å². The van der Waals surface area contributed by atoms with E-state index in [1.165, 1.54) is 28.8 Å². The predicted molar refractivity (Wildman–Crippen MR) is 111 cm³/mol. The minimum absolute atomic E-state index is 0.217. The van der Waals surface area contributed by atoms with E-state index in [1.807, 2.05) is 13.8 Å². The lowest BCUT2D eigenvalue weighted by Gasteiger charge is -2.21. The summed E-state index contributed by atoms with van der Waals surface area (Å²) < 4.78 is 38.3. The lowest BCUT2D eigenvalue weighted by molar-refractivity contribution is -0.137. The molecule has 0 spiro atoms. The Kier molecular flexibility index (Phi) is 8.31. The molecule has 0 bridgehead atoms. The van der Waals surface area contributed by atoms with Gasteiger partial charge in [-0.2, -0.15) is 13.2 Å². The fourth-order valence-corrected chi connectivity index (χ4v) is 3.50. The molecule has 1 aliphatic rings. The average Bonchev–Trinajstić information content (AvgIpc) is 2.72. The minimum Gasteiger partial charge on any atom is -0.310 e. The van der Waals surface area contributed by atoms with Crippen LogP contribution in [0.15, 0.2) is 48.5 Å². The number of allylic oxidation sites excluding steroid dienone is 1. The SMILES string of the molecule is CC.CC(NCCCc1cccc(C(F)(F)F)c1)c1cccc2c1C=CCC2. The topological polar surface area (TPSA) is 12.0 Å². The number of halogens is 3. The lowest BCUT2D eigenvalue weighted by atomic mass is 9.90. The molecule has 0 aliphatic heterocycles. The van der Waals surface area contributed by atoms with Crippen LogP contribution in [0.25, 0.3) is 6.08 Å². The first-order valence-corrected chi connectivity index (χ1v) is 10.1. The second kappa shape index (κ2) is 10.5. The van der Waals surface area contributed by atoms with Crippen molar-refractivity contribution < 1.29 is 13.2 Å². The van der Waals surface area contributed by atoms with E-state index in [9.17, 15) is 13.2 Å². The van der Waals surface area contributed by atoms with E-state index < -0.39 is 11.7 Å².